The highest BCUT2D eigenvalue weighted by atomic mass is 35.5. The summed E-state index contributed by atoms with van der Waals surface area (Å²) in [6, 6.07) is 6.11. The lowest BCUT2D eigenvalue weighted by atomic mass is 9.88. The van der Waals surface area contributed by atoms with Crippen LogP contribution in [0.1, 0.15) is 56.7 Å². The number of nitrogens with zero attached hydrogens (tertiary/aromatic N) is 1. The predicted molar refractivity (Wildman–Crippen MR) is 91.0 cm³/mol. The summed E-state index contributed by atoms with van der Waals surface area (Å²) in [7, 11) is 0. The third kappa shape index (κ3) is 2.95. The van der Waals surface area contributed by atoms with Crippen molar-refractivity contribution in [2.24, 2.45) is 5.92 Å². The SMILES string of the molecule is C/C(=C\c1ccc2c(C(C)C3CCCC3)[nH]nc2c1)C(=O)Cl. The van der Waals surface area contributed by atoms with E-state index in [9.17, 15) is 4.79 Å². The van der Waals surface area contributed by atoms with Gasteiger partial charge in [0, 0.05) is 22.6 Å². The molecule has 1 aliphatic rings. The van der Waals surface area contributed by atoms with Crippen LogP contribution in [0.5, 0.6) is 0 Å². The summed E-state index contributed by atoms with van der Waals surface area (Å²) in [6.07, 6.45) is 7.13. The normalized spacial score (nSPS) is 18.0. The van der Waals surface area contributed by atoms with Crippen LogP contribution in [0.4, 0.5) is 0 Å². The van der Waals surface area contributed by atoms with Crippen LogP contribution in [0.15, 0.2) is 23.8 Å². The molecule has 0 saturated heterocycles. The minimum absolute atomic E-state index is 0.419. The lowest BCUT2D eigenvalue weighted by molar-refractivity contribution is -0.108. The Hall–Kier alpha value is -1.61. The van der Waals surface area contributed by atoms with Crippen molar-refractivity contribution in [1.29, 1.82) is 0 Å². The first-order chi connectivity index (χ1) is 10.6. The molecule has 1 aromatic carbocycles. The molecule has 3 nitrogen and oxygen atoms in total. The van der Waals surface area contributed by atoms with Crippen LogP contribution in [0.3, 0.4) is 0 Å². The Balaban J connectivity index is 1.92. The lowest BCUT2D eigenvalue weighted by Crippen LogP contribution is -2.06. The topological polar surface area (TPSA) is 45.8 Å². The van der Waals surface area contributed by atoms with Gasteiger partial charge < -0.3 is 0 Å². The van der Waals surface area contributed by atoms with Crippen LogP contribution in [0.25, 0.3) is 17.0 Å². The molecule has 1 atom stereocenters. The monoisotopic (exact) mass is 316 g/mol. The number of fused-ring (bicyclic) bond motifs is 1. The maximum Gasteiger partial charge on any atom is 0.248 e. The zero-order valence-electron chi connectivity index (χ0n) is 13.0. The summed E-state index contributed by atoms with van der Waals surface area (Å²) in [5, 5.41) is 8.45. The van der Waals surface area contributed by atoms with E-state index < -0.39 is 5.24 Å². The first kappa shape index (κ1) is 15.3. The first-order valence-electron chi connectivity index (χ1n) is 7.92. The number of benzene rings is 1. The molecule has 1 N–H and O–H groups in total. The van der Waals surface area contributed by atoms with Gasteiger partial charge in [0.25, 0.3) is 0 Å². The Labute approximate surface area is 135 Å². The van der Waals surface area contributed by atoms with Crippen LogP contribution in [-0.4, -0.2) is 15.4 Å². The van der Waals surface area contributed by atoms with Crippen molar-refractivity contribution in [2.45, 2.75) is 45.4 Å². The Morgan fingerprint density at radius 2 is 2.14 bits per heavy atom. The Kier molecular flexibility index (Phi) is 4.34. The molecule has 1 saturated carbocycles. The van der Waals surface area contributed by atoms with Gasteiger partial charge >= 0.3 is 0 Å². The lowest BCUT2D eigenvalue weighted by Gasteiger charge is -2.17. The molecule has 2 aromatic rings. The summed E-state index contributed by atoms with van der Waals surface area (Å²) < 4.78 is 0. The summed E-state index contributed by atoms with van der Waals surface area (Å²) >= 11 is 5.49. The van der Waals surface area contributed by atoms with E-state index >= 15 is 0 Å². The third-order valence-corrected chi connectivity index (χ3v) is 5.16. The minimum atomic E-state index is -0.419. The van der Waals surface area contributed by atoms with Crippen molar-refractivity contribution < 1.29 is 4.79 Å². The zero-order valence-corrected chi connectivity index (χ0v) is 13.8. The van der Waals surface area contributed by atoms with E-state index in [0.29, 0.717) is 11.5 Å². The van der Waals surface area contributed by atoms with Gasteiger partial charge in [-0.05, 0) is 55.0 Å². The molecule has 4 heteroatoms. The Morgan fingerprint density at radius 3 is 2.82 bits per heavy atom. The largest absolute Gasteiger partial charge is 0.281 e. The number of hydrogen-bond donors (Lipinski definition) is 1. The number of carbonyl (C=O) groups is 1. The highest BCUT2D eigenvalue weighted by molar-refractivity contribution is 6.68. The summed E-state index contributed by atoms with van der Waals surface area (Å²) in [4.78, 5) is 11.1. The van der Waals surface area contributed by atoms with Gasteiger partial charge in [0.05, 0.1) is 5.52 Å². The molecule has 0 aliphatic heterocycles. The average Bonchev–Trinajstić information content (AvgIpc) is 3.15. The van der Waals surface area contributed by atoms with Gasteiger partial charge in [-0.3, -0.25) is 9.89 Å². The van der Waals surface area contributed by atoms with Gasteiger partial charge in [0.15, 0.2) is 0 Å². The fraction of sp³-hybridized carbons (Fsp3) is 0.444. The second-order valence-electron chi connectivity index (χ2n) is 6.35. The highest BCUT2D eigenvalue weighted by Crippen LogP contribution is 2.38. The molecule has 1 unspecified atom stereocenters. The van der Waals surface area contributed by atoms with E-state index in [1.165, 1.54) is 36.8 Å². The molecule has 0 spiro atoms. The number of allylic oxidation sites excluding steroid dienone is 1. The molecule has 22 heavy (non-hydrogen) atoms. The van der Waals surface area contributed by atoms with Crippen molar-refractivity contribution in [1.82, 2.24) is 10.2 Å². The maximum absolute atomic E-state index is 11.1. The van der Waals surface area contributed by atoms with Crippen molar-refractivity contribution >= 4 is 33.8 Å². The van der Waals surface area contributed by atoms with Crippen molar-refractivity contribution in [2.75, 3.05) is 0 Å². The number of aromatic amines is 1. The zero-order chi connectivity index (χ0) is 15.7. The maximum atomic E-state index is 11.1. The van der Waals surface area contributed by atoms with E-state index in [1.807, 2.05) is 12.1 Å². The molecule has 116 valence electrons. The number of hydrogen-bond acceptors (Lipinski definition) is 2. The number of nitrogens with one attached hydrogen (secondary N) is 1. The summed E-state index contributed by atoms with van der Waals surface area (Å²) in [5.74, 6) is 1.28. The number of aromatic nitrogens is 2. The van der Waals surface area contributed by atoms with E-state index in [2.05, 4.69) is 23.2 Å². The Morgan fingerprint density at radius 1 is 1.41 bits per heavy atom. The van der Waals surface area contributed by atoms with Crippen molar-refractivity contribution in [3.05, 3.63) is 35.0 Å². The van der Waals surface area contributed by atoms with Gasteiger partial charge in [-0.15, -0.1) is 0 Å². The minimum Gasteiger partial charge on any atom is -0.281 e. The molecular weight excluding hydrogens is 296 g/mol. The predicted octanol–water partition coefficient (Wildman–Crippen LogP) is 5.03. The molecule has 3 rings (SSSR count). The number of halogens is 1. The summed E-state index contributed by atoms with van der Waals surface area (Å²) in [6.45, 7) is 4.02. The van der Waals surface area contributed by atoms with E-state index in [-0.39, 0.29) is 0 Å². The first-order valence-corrected chi connectivity index (χ1v) is 8.30. The van der Waals surface area contributed by atoms with Gasteiger partial charge in [-0.1, -0.05) is 31.9 Å². The van der Waals surface area contributed by atoms with E-state index in [1.54, 1.807) is 13.0 Å². The molecule has 1 aromatic heterocycles. The van der Waals surface area contributed by atoms with Gasteiger partial charge in [0.2, 0.25) is 5.24 Å². The van der Waals surface area contributed by atoms with Gasteiger partial charge in [-0.2, -0.15) is 5.10 Å². The number of rotatable bonds is 4. The third-order valence-electron chi connectivity index (χ3n) is 4.86. The fourth-order valence-corrected chi connectivity index (χ4v) is 3.54. The number of H-pyrrole nitrogens is 1. The quantitative estimate of drug-likeness (QED) is 0.635. The van der Waals surface area contributed by atoms with E-state index in [4.69, 9.17) is 11.6 Å². The molecule has 0 bridgehead atoms. The molecule has 0 radical (unpaired) electrons. The second kappa shape index (κ2) is 6.25. The van der Waals surface area contributed by atoms with Crippen LogP contribution in [0, 0.1) is 5.92 Å². The van der Waals surface area contributed by atoms with Crippen molar-refractivity contribution in [3.8, 4) is 0 Å². The molecule has 0 amide bonds. The average molecular weight is 317 g/mol. The smallest absolute Gasteiger partial charge is 0.248 e. The molecule has 1 heterocycles. The standard InChI is InChI=1S/C18H21ClN2O/c1-11(18(19)22)9-13-7-8-15-16(10-13)20-21-17(15)12(2)14-5-3-4-6-14/h7-10,12,14H,3-6H2,1-2H3,(H,20,21)/b11-9+. The summed E-state index contributed by atoms with van der Waals surface area (Å²) in [5.41, 5.74) is 3.67. The molecule has 1 fully saturated rings. The molecular formula is C18H21ClN2O. The van der Waals surface area contributed by atoms with E-state index in [0.717, 1.165) is 17.0 Å². The van der Waals surface area contributed by atoms with Gasteiger partial charge in [-0.25, -0.2) is 0 Å². The van der Waals surface area contributed by atoms with Gasteiger partial charge in [0.1, 0.15) is 0 Å². The van der Waals surface area contributed by atoms with Crippen LogP contribution in [0.2, 0.25) is 0 Å². The van der Waals surface area contributed by atoms with Crippen LogP contribution >= 0.6 is 11.6 Å². The second-order valence-corrected chi connectivity index (χ2v) is 6.69. The fourth-order valence-electron chi connectivity index (χ4n) is 3.49. The highest BCUT2D eigenvalue weighted by Gasteiger charge is 2.25. The Bertz CT molecular complexity index is 726. The van der Waals surface area contributed by atoms with Crippen molar-refractivity contribution in [3.63, 3.8) is 0 Å². The van der Waals surface area contributed by atoms with Crippen LogP contribution < -0.4 is 0 Å². The van der Waals surface area contributed by atoms with Crippen LogP contribution in [-0.2, 0) is 4.79 Å². The number of carbonyl (C=O) groups excluding carboxylic acids is 1. The molecule has 1 aliphatic carbocycles.